The van der Waals surface area contributed by atoms with Crippen molar-refractivity contribution in [1.29, 1.82) is 0 Å². The van der Waals surface area contributed by atoms with E-state index >= 15 is 0 Å². The molecular weight excluding hydrogens is 538 g/mol. The normalized spacial score (nSPS) is 17.5. The standard InChI is InChI=1S/C26H29F4N5O5/c1-31-13-22(36)35-20(9-10-23(37)38)24(39)34(14-17-3-2-4-18(11-17)26(28,29)30)15-21(35)33-25(40)32-12-16-5-7-19(27)8-6-16/h2-8,11,20-21,31H,9-10,12-15H2,1H3,(H,37,38)(H2,32,33,40)/t20?,21-/m1/s1. The number of hydrogen-bond donors (Lipinski definition) is 4. The van der Waals surface area contributed by atoms with Crippen LogP contribution in [0.3, 0.4) is 0 Å². The molecule has 14 heteroatoms. The molecule has 1 unspecified atom stereocenters. The number of nitrogens with one attached hydrogen (secondary N) is 3. The lowest BCUT2D eigenvalue weighted by Gasteiger charge is -2.46. The molecule has 1 saturated heterocycles. The third-order valence-corrected chi connectivity index (χ3v) is 6.20. The molecule has 1 heterocycles. The molecule has 2 aromatic carbocycles. The number of piperazine rings is 1. The number of carbonyl (C=O) groups excluding carboxylic acids is 3. The van der Waals surface area contributed by atoms with E-state index in [0.717, 1.165) is 17.0 Å². The number of urea groups is 1. The Morgan fingerprint density at radius 3 is 2.40 bits per heavy atom. The molecule has 0 spiro atoms. The van der Waals surface area contributed by atoms with Gasteiger partial charge in [-0.25, -0.2) is 9.18 Å². The average Bonchev–Trinajstić information content (AvgIpc) is 2.89. The highest BCUT2D eigenvalue weighted by atomic mass is 19.4. The molecule has 0 bridgehead atoms. The van der Waals surface area contributed by atoms with Crippen LogP contribution < -0.4 is 16.0 Å². The van der Waals surface area contributed by atoms with E-state index in [4.69, 9.17) is 0 Å². The van der Waals surface area contributed by atoms with Crippen LogP contribution in [0.25, 0.3) is 0 Å². The fourth-order valence-electron chi connectivity index (χ4n) is 4.36. The number of alkyl halides is 3. The topological polar surface area (TPSA) is 131 Å². The molecule has 1 fully saturated rings. The van der Waals surface area contributed by atoms with Gasteiger partial charge in [-0.15, -0.1) is 0 Å². The zero-order valence-corrected chi connectivity index (χ0v) is 21.5. The first-order valence-electron chi connectivity index (χ1n) is 12.3. The lowest BCUT2D eigenvalue weighted by atomic mass is 10.0. The van der Waals surface area contributed by atoms with Crippen molar-refractivity contribution in [2.75, 3.05) is 20.1 Å². The molecule has 0 saturated carbocycles. The predicted octanol–water partition coefficient (Wildman–Crippen LogP) is 2.29. The smallest absolute Gasteiger partial charge is 0.416 e. The van der Waals surface area contributed by atoms with E-state index in [1.165, 1.54) is 48.3 Å². The van der Waals surface area contributed by atoms with E-state index in [1.54, 1.807) is 0 Å². The number of carboxylic acid groups (broad SMARTS) is 1. The van der Waals surface area contributed by atoms with Crippen molar-refractivity contribution in [2.45, 2.75) is 44.3 Å². The van der Waals surface area contributed by atoms with E-state index < -0.39 is 60.0 Å². The Hall–Kier alpha value is -4.20. The van der Waals surface area contributed by atoms with Gasteiger partial charge in [0.2, 0.25) is 11.8 Å². The van der Waals surface area contributed by atoms with Crippen LogP contribution in [-0.4, -0.2) is 71.1 Å². The first-order valence-corrected chi connectivity index (χ1v) is 12.3. The minimum absolute atomic E-state index is 0.0125. The molecule has 4 N–H and O–H groups in total. The first-order chi connectivity index (χ1) is 18.9. The van der Waals surface area contributed by atoms with E-state index in [0.29, 0.717) is 5.56 Å². The monoisotopic (exact) mass is 567 g/mol. The van der Waals surface area contributed by atoms with Crippen LogP contribution in [0.5, 0.6) is 0 Å². The Kier molecular flexibility index (Phi) is 10.0. The lowest BCUT2D eigenvalue weighted by Crippen LogP contribution is -2.69. The van der Waals surface area contributed by atoms with Gasteiger partial charge in [-0.2, -0.15) is 13.2 Å². The quantitative estimate of drug-likeness (QED) is 0.326. The van der Waals surface area contributed by atoms with Crippen molar-refractivity contribution in [1.82, 2.24) is 25.8 Å². The van der Waals surface area contributed by atoms with Gasteiger partial charge in [0.1, 0.15) is 18.0 Å². The van der Waals surface area contributed by atoms with E-state index in [1.807, 2.05) is 0 Å². The fraction of sp³-hybridized carbons (Fsp3) is 0.385. The maximum Gasteiger partial charge on any atom is 0.416 e. The molecular formula is C26H29F4N5O5. The second kappa shape index (κ2) is 13.2. The fourth-order valence-corrected chi connectivity index (χ4v) is 4.36. The molecule has 4 amide bonds. The van der Waals surface area contributed by atoms with Crippen LogP contribution in [0.1, 0.15) is 29.5 Å². The van der Waals surface area contributed by atoms with Gasteiger partial charge in [0.05, 0.1) is 18.7 Å². The summed E-state index contributed by atoms with van der Waals surface area (Å²) in [5.74, 6) is -2.92. The van der Waals surface area contributed by atoms with Crippen molar-refractivity contribution < 1.29 is 41.8 Å². The molecule has 1 aliphatic heterocycles. The SMILES string of the molecule is CNCC(=O)N1C(CCC(=O)O)C(=O)N(Cc2cccc(C(F)(F)F)c2)C[C@@H]1NC(=O)NCc1ccc(F)cc1. The summed E-state index contributed by atoms with van der Waals surface area (Å²) in [5, 5.41) is 17.1. The van der Waals surface area contributed by atoms with Crippen molar-refractivity contribution in [2.24, 2.45) is 0 Å². The van der Waals surface area contributed by atoms with Gasteiger partial charge in [-0.05, 0) is 48.9 Å². The minimum atomic E-state index is -4.60. The molecule has 2 atom stereocenters. The third-order valence-electron chi connectivity index (χ3n) is 6.20. The zero-order chi connectivity index (χ0) is 29.4. The third kappa shape index (κ3) is 8.15. The van der Waals surface area contributed by atoms with Gasteiger partial charge >= 0.3 is 18.2 Å². The molecule has 0 radical (unpaired) electrons. The number of aliphatic carboxylic acids is 1. The van der Waals surface area contributed by atoms with Crippen molar-refractivity contribution in [3.05, 3.63) is 71.0 Å². The van der Waals surface area contributed by atoms with Gasteiger partial charge < -0.3 is 30.9 Å². The van der Waals surface area contributed by atoms with Crippen molar-refractivity contribution in [3.63, 3.8) is 0 Å². The molecule has 0 aromatic heterocycles. The van der Waals surface area contributed by atoms with E-state index in [-0.39, 0.29) is 38.2 Å². The highest BCUT2D eigenvalue weighted by Gasteiger charge is 2.43. The number of likely N-dealkylation sites (N-methyl/N-ethyl adjacent to an activating group) is 1. The molecule has 2 aromatic rings. The second-order valence-electron chi connectivity index (χ2n) is 9.17. The summed E-state index contributed by atoms with van der Waals surface area (Å²) in [6.45, 7) is -0.744. The molecule has 3 rings (SSSR count). The largest absolute Gasteiger partial charge is 0.481 e. The Bertz CT molecular complexity index is 1220. The van der Waals surface area contributed by atoms with Gasteiger partial charge in [-0.1, -0.05) is 24.3 Å². The number of benzene rings is 2. The summed E-state index contributed by atoms with van der Waals surface area (Å²) >= 11 is 0. The number of halogens is 4. The summed E-state index contributed by atoms with van der Waals surface area (Å²) in [4.78, 5) is 52.9. The number of nitrogens with zero attached hydrogens (tertiary/aromatic N) is 2. The summed E-state index contributed by atoms with van der Waals surface area (Å²) in [5.41, 5.74) is -0.156. The van der Waals surface area contributed by atoms with E-state index in [9.17, 15) is 41.8 Å². The van der Waals surface area contributed by atoms with Crippen molar-refractivity contribution in [3.8, 4) is 0 Å². The Morgan fingerprint density at radius 2 is 1.77 bits per heavy atom. The highest BCUT2D eigenvalue weighted by Crippen LogP contribution is 2.30. The van der Waals surface area contributed by atoms with Gasteiger partial charge in [0.25, 0.3) is 0 Å². The maximum absolute atomic E-state index is 13.5. The van der Waals surface area contributed by atoms with Crippen LogP contribution >= 0.6 is 0 Å². The van der Waals surface area contributed by atoms with Crippen LogP contribution in [-0.2, 0) is 33.6 Å². The molecule has 1 aliphatic rings. The first kappa shape index (κ1) is 30.3. The number of amides is 4. The molecule has 216 valence electrons. The predicted molar refractivity (Wildman–Crippen MR) is 134 cm³/mol. The van der Waals surface area contributed by atoms with Gasteiger partial charge in [-0.3, -0.25) is 14.4 Å². The Labute approximate surface area is 227 Å². The highest BCUT2D eigenvalue weighted by molar-refractivity contribution is 5.91. The molecule has 10 nitrogen and oxygen atoms in total. The Morgan fingerprint density at radius 1 is 1.07 bits per heavy atom. The summed E-state index contributed by atoms with van der Waals surface area (Å²) < 4.78 is 52.9. The number of rotatable bonds is 10. The second-order valence-corrected chi connectivity index (χ2v) is 9.17. The van der Waals surface area contributed by atoms with Crippen LogP contribution in [0.15, 0.2) is 48.5 Å². The summed E-state index contributed by atoms with van der Waals surface area (Å²) in [6.07, 6.45) is -6.48. The number of carboxylic acids is 1. The van der Waals surface area contributed by atoms with Gasteiger partial charge in [0, 0.05) is 19.5 Å². The summed E-state index contributed by atoms with van der Waals surface area (Å²) in [7, 11) is 1.49. The number of hydrogen-bond acceptors (Lipinski definition) is 5. The minimum Gasteiger partial charge on any atom is -0.481 e. The lowest BCUT2D eigenvalue weighted by molar-refractivity contribution is -0.158. The maximum atomic E-state index is 13.5. The van der Waals surface area contributed by atoms with Crippen LogP contribution in [0.2, 0.25) is 0 Å². The summed E-state index contributed by atoms with van der Waals surface area (Å²) in [6, 6.07) is 7.76. The Balaban J connectivity index is 1.87. The van der Waals surface area contributed by atoms with Gasteiger partial charge in [0.15, 0.2) is 0 Å². The van der Waals surface area contributed by atoms with Crippen LogP contribution in [0, 0.1) is 5.82 Å². The van der Waals surface area contributed by atoms with Crippen molar-refractivity contribution >= 4 is 23.8 Å². The molecule has 40 heavy (non-hydrogen) atoms. The average molecular weight is 568 g/mol. The van der Waals surface area contributed by atoms with E-state index in [2.05, 4.69) is 16.0 Å². The zero-order valence-electron chi connectivity index (χ0n) is 21.5. The molecule has 0 aliphatic carbocycles. The van der Waals surface area contributed by atoms with Crippen LogP contribution in [0.4, 0.5) is 22.4 Å². The number of carbonyl (C=O) groups is 4.